The van der Waals surface area contributed by atoms with Gasteiger partial charge in [0, 0.05) is 11.3 Å². The summed E-state index contributed by atoms with van der Waals surface area (Å²) < 4.78 is 5.29. The van der Waals surface area contributed by atoms with Crippen molar-refractivity contribution in [2.24, 2.45) is 5.73 Å². The Morgan fingerprint density at radius 2 is 1.92 bits per heavy atom. The lowest BCUT2D eigenvalue weighted by Crippen LogP contribution is -2.43. The number of nitrogens with one attached hydrogen (secondary N) is 2. The first-order valence-corrected chi connectivity index (χ1v) is 7.94. The maximum atomic E-state index is 12.2. The fourth-order valence-corrected chi connectivity index (χ4v) is 2.78. The molecule has 0 bridgehead atoms. The van der Waals surface area contributed by atoms with Gasteiger partial charge in [-0.3, -0.25) is 5.41 Å². The predicted molar refractivity (Wildman–Crippen MR) is 98.4 cm³/mol. The highest BCUT2D eigenvalue weighted by Gasteiger charge is 2.39. The molecule has 0 aliphatic carbocycles. The summed E-state index contributed by atoms with van der Waals surface area (Å²) in [6, 6.07) is 12.2. The molecular formula is C19H23N3O3. The van der Waals surface area contributed by atoms with Crippen LogP contribution in [0.15, 0.2) is 42.5 Å². The van der Waals surface area contributed by atoms with Gasteiger partial charge in [-0.2, -0.15) is 0 Å². The molecule has 25 heavy (non-hydrogen) atoms. The molecule has 0 aliphatic rings. The van der Waals surface area contributed by atoms with E-state index in [0.717, 1.165) is 5.56 Å². The third-order valence-corrected chi connectivity index (χ3v) is 4.23. The summed E-state index contributed by atoms with van der Waals surface area (Å²) in [7, 11) is 1.56. The van der Waals surface area contributed by atoms with E-state index in [1.807, 2.05) is 26.0 Å². The highest BCUT2D eigenvalue weighted by atomic mass is 16.5. The molecule has 2 rings (SSSR count). The van der Waals surface area contributed by atoms with Gasteiger partial charge in [-0.05, 0) is 60.9 Å². The lowest BCUT2D eigenvalue weighted by atomic mass is 9.85. The van der Waals surface area contributed by atoms with E-state index < -0.39 is 11.5 Å². The molecule has 132 valence electrons. The lowest BCUT2D eigenvalue weighted by Gasteiger charge is -2.31. The average Bonchev–Trinajstić information content (AvgIpc) is 2.59. The number of methoxy groups -OCH3 is 1. The van der Waals surface area contributed by atoms with E-state index in [1.165, 1.54) is 0 Å². The molecule has 2 aromatic rings. The van der Waals surface area contributed by atoms with Gasteiger partial charge in [0.1, 0.15) is 11.6 Å². The van der Waals surface area contributed by atoms with Crippen LogP contribution in [0.1, 0.15) is 30.0 Å². The Morgan fingerprint density at radius 1 is 1.28 bits per heavy atom. The van der Waals surface area contributed by atoms with Crippen LogP contribution in [0.3, 0.4) is 0 Å². The van der Waals surface area contributed by atoms with Crippen LogP contribution in [-0.2, 0) is 10.3 Å². The van der Waals surface area contributed by atoms with Crippen LogP contribution in [0.2, 0.25) is 0 Å². The van der Waals surface area contributed by atoms with E-state index in [4.69, 9.17) is 15.9 Å². The van der Waals surface area contributed by atoms with E-state index in [2.05, 4.69) is 5.32 Å². The highest BCUT2D eigenvalue weighted by molar-refractivity contribution is 5.95. The summed E-state index contributed by atoms with van der Waals surface area (Å²) in [6.45, 7) is 3.72. The van der Waals surface area contributed by atoms with Gasteiger partial charge in [-0.1, -0.05) is 13.0 Å². The molecule has 0 aromatic heterocycles. The van der Waals surface area contributed by atoms with Gasteiger partial charge in [-0.25, -0.2) is 4.79 Å². The first kappa shape index (κ1) is 18.3. The first-order valence-electron chi connectivity index (χ1n) is 7.94. The number of aliphatic carboxylic acids is 1. The minimum Gasteiger partial charge on any atom is -0.497 e. The number of amidine groups is 1. The topological polar surface area (TPSA) is 108 Å². The molecule has 0 saturated heterocycles. The highest BCUT2D eigenvalue weighted by Crippen LogP contribution is 2.33. The van der Waals surface area contributed by atoms with Crippen molar-refractivity contribution in [2.75, 3.05) is 12.4 Å². The third-order valence-electron chi connectivity index (χ3n) is 4.23. The van der Waals surface area contributed by atoms with E-state index in [9.17, 15) is 9.90 Å². The molecule has 2 aromatic carbocycles. The summed E-state index contributed by atoms with van der Waals surface area (Å²) in [6.07, 6.45) is 0.337. The van der Waals surface area contributed by atoms with E-state index >= 15 is 0 Å². The van der Waals surface area contributed by atoms with Crippen molar-refractivity contribution in [3.8, 4) is 5.75 Å². The minimum atomic E-state index is -1.29. The average molecular weight is 341 g/mol. The number of nitrogen functional groups attached to an aromatic ring is 1. The molecular weight excluding hydrogens is 318 g/mol. The van der Waals surface area contributed by atoms with Crippen LogP contribution in [0.25, 0.3) is 0 Å². The van der Waals surface area contributed by atoms with Crippen molar-refractivity contribution >= 4 is 17.5 Å². The summed E-state index contributed by atoms with van der Waals surface area (Å²) in [4.78, 5) is 12.2. The second kappa shape index (κ2) is 7.25. The van der Waals surface area contributed by atoms with Gasteiger partial charge in [0.05, 0.1) is 7.11 Å². The zero-order valence-electron chi connectivity index (χ0n) is 14.6. The fraction of sp³-hybridized carbons (Fsp3) is 0.263. The number of carbonyl (C=O) groups is 1. The minimum absolute atomic E-state index is 0.0324. The molecule has 1 unspecified atom stereocenters. The largest absolute Gasteiger partial charge is 0.497 e. The number of carboxylic acids is 1. The molecule has 0 amide bonds. The molecule has 0 heterocycles. The number of anilines is 1. The maximum absolute atomic E-state index is 12.2. The number of carboxylic acid groups (broad SMARTS) is 1. The Hall–Kier alpha value is -3.02. The van der Waals surface area contributed by atoms with Gasteiger partial charge < -0.3 is 20.9 Å². The summed E-state index contributed by atoms with van der Waals surface area (Å²) in [5.74, 6) is -0.393. The Bertz CT molecular complexity index is 787. The molecule has 0 spiro atoms. The maximum Gasteiger partial charge on any atom is 0.334 e. The second-order valence-electron chi connectivity index (χ2n) is 5.92. The Labute approximate surface area is 147 Å². The molecule has 5 N–H and O–H groups in total. The van der Waals surface area contributed by atoms with Gasteiger partial charge in [0.2, 0.25) is 0 Å². The number of nitrogens with two attached hydrogens (primary N) is 1. The monoisotopic (exact) mass is 341 g/mol. The van der Waals surface area contributed by atoms with Gasteiger partial charge >= 0.3 is 5.97 Å². The molecule has 1 atom stereocenters. The summed E-state index contributed by atoms with van der Waals surface area (Å²) in [5, 5.41) is 20.6. The number of ether oxygens (including phenoxy) is 1. The van der Waals surface area contributed by atoms with Crippen LogP contribution in [0.5, 0.6) is 5.75 Å². The fourth-order valence-electron chi connectivity index (χ4n) is 2.78. The standard InChI is InChI=1S/C19H23N3O3/c1-4-19(18(23)24,14-9-12(2)10-16(11-14)25-3)22-15-7-5-13(6-8-15)17(20)21/h5-11,22H,4H2,1-3H3,(H3,20,21)(H,23,24). The summed E-state index contributed by atoms with van der Waals surface area (Å²) >= 11 is 0. The molecule has 0 aliphatic heterocycles. The molecule has 0 fully saturated rings. The number of aryl methyl sites for hydroxylation is 1. The van der Waals surface area contributed by atoms with Gasteiger partial charge in [0.15, 0.2) is 5.54 Å². The Morgan fingerprint density at radius 3 is 2.40 bits per heavy atom. The van der Waals surface area contributed by atoms with E-state index in [-0.39, 0.29) is 5.84 Å². The van der Waals surface area contributed by atoms with Crippen molar-refractivity contribution in [1.29, 1.82) is 5.41 Å². The second-order valence-corrected chi connectivity index (χ2v) is 5.92. The molecule has 0 saturated carbocycles. The SMILES string of the molecule is CCC(Nc1ccc(C(=N)N)cc1)(C(=O)O)c1cc(C)cc(OC)c1. The van der Waals surface area contributed by atoms with E-state index in [0.29, 0.717) is 29.0 Å². The smallest absolute Gasteiger partial charge is 0.334 e. The predicted octanol–water partition coefficient (Wildman–Crippen LogP) is 3.09. The molecule has 6 heteroatoms. The number of rotatable bonds is 7. The van der Waals surface area contributed by atoms with Crippen LogP contribution < -0.4 is 15.8 Å². The van der Waals surface area contributed by atoms with Crippen molar-refractivity contribution < 1.29 is 14.6 Å². The Balaban J connectivity index is 2.49. The van der Waals surface area contributed by atoms with Crippen molar-refractivity contribution in [3.05, 3.63) is 59.2 Å². The zero-order chi connectivity index (χ0) is 18.6. The molecule has 0 radical (unpaired) electrons. The van der Waals surface area contributed by atoms with Gasteiger partial charge in [-0.15, -0.1) is 0 Å². The van der Waals surface area contributed by atoms with Crippen molar-refractivity contribution in [3.63, 3.8) is 0 Å². The van der Waals surface area contributed by atoms with Crippen LogP contribution in [-0.4, -0.2) is 24.0 Å². The van der Waals surface area contributed by atoms with Crippen LogP contribution in [0, 0.1) is 12.3 Å². The number of hydrogen-bond donors (Lipinski definition) is 4. The number of benzene rings is 2. The van der Waals surface area contributed by atoms with Crippen molar-refractivity contribution in [1.82, 2.24) is 0 Å². The zero-order valence-corrected chi connectivity index (χ0v) is 14.6. The summed E-state index contributed by atoms with van der Waals surface area (Å²) in [5.41, 5.74) is 6.92. The third kappa shape index (κ3) is 3.74. The van der Waals surface area contributed by atoms with Gasteiger partial charge in [0.25, 0.3) is 0 Å². The van der Waals surface area contributed by atoms with E-state index in [1.54, 1.807) is 37.4 Å². The number of hydrogen-bond acceptors (Lipinski definition) is 4. The lowest BCUT2D eigenvalue weighted by molar-refractivity contribution is -0.142. The Kier molecular flexibility index (Phi) is 5.32. The molecule has 6 nitrogen and oxygen atoms in total. The van der Waals surface area contributed by atoms with Crippen LogP contribution in [0.4, 0.5) is 5.69 Å². The normalized spacial score (nSPS) is 12.9. The first-order chi connectivity index (χ1) is 11.8. The van der Waals surface area contributed by atoms with Crippen LogP contribution >= 0.6 is 0 Å². The quantitative estimate of drug-likeness (QED) is 0.457. The van der Waals surface area contributed by atoms with Crippen molar-refractivity contribution in [2.45, 2.75) is 25.8 Å².